The molecular formula is C11H25N3O3S. The Kier molecular flexibility index (Phi) is 8.95. The molecule has 18 heavy (non-hydrogen) atoms. The van der Waals surface area contributed by atoms with Crippen molar-refractivity contribution in [3.63, 3.8) is 0 Å². The molecule has 1 amide bonds. The van der Waals surface area contributed by atoms with E-state index in [-0.39, 0.29) is 5.91 Å². The molecule has 0 radical (unpaired) electrons. The van der Waals surface area contributed by atoms with Gasteiger partial charge in [0, 0.05) is 19.5 Å². The van der Waals surface area contributed by atoms with Gasteiger partial charge in [0.25, 0.3) is 0 Å². The predicted molar refractivity (Wildman–Crippen MR) is 72.5 cm³/mol. The first-order chi connectivity index (χ1) is 8.35. The summed E-state index contributed by atoms with van der Waals surface area (Å²) >= 11 is 0. The summed E-state index contributed by atoms with van der Waals surface area (Å²) in [6.07, 6.45) is 3.98. The van der Waals surface area contributed by atoms with Gasteiger partial charge in [-0.1, -0.05) is 6.92 Å². The monoisotopic (exact) mass is 279 g/mol. The van der Waals surface area contributed by atoms with Crippen LogP contribution in [0.3, 0.4) is 0 Å². The molecule has 0 saturated heterocycles. The average Bonchev–Trinajstić information content (AvgIpc) is 2.25. The third-order valence-electron chi connectivity index (χ3n) is 2.56. The minimum absolute atomic E-state index is 0.0122. The molecule has 108 valence electrons. The maximum atomic E-state index is 11.4. The van der Waals surface area contributed by atoms with Gasteiger partial charge >= 0.3 is 0 Å². The van der Waals surface area contributed by atoms with Gasteiger partial charge in [0.2, 0.25) is 15.9 Å². The Balaban J connectivity index is 3.48. The van der Waals surface area contributed by atoms with E-state index in [1.807, 2.05) is 0 Å². The molecule has 0 aliphatic rings. The molecule has 7 heteroatoms. The highest BCUT2D eigenvalue weighted by Crippen LogP contribution is 2.08. The minimum Gasteiger partial charge on any atom is -0.356 e. The SMILES string of the molecule is CC(CCN)CCC(=O)NCCCNS(C)(=O)=O. The lowest BCUT2D eigenvalue weighted by molar-refractivity contribution is -0.121. The summed E-state index contributed by atoms with van der Waals surface area (Å²) in [7, 11) is -3.13. The second-order valence-electron chi connectivity index (χ2n) is 4.59. The van der Waals surface area contributed by atoms with Crippen molar-refractivity contribution >= 4 is 15.9 Å². The molecule has 0 saturated carbocycles. The van der Waals surface area contributed by atoms with Crippen LogP contribution in [0.5, 0.6) is 0 Å². The Labute approximate surface area is 110 Å². The van der Waals surface area contributed by atoms with E-state index in [1.165, 1.54) is 0 Å². The molecule has 0 aromatic rings. The second-order valence-corrected chi connectivity index (χ2v) is 6.42. The van der Waals surface area contributed by atoms with Gasteiger partial charge in [-0.15, -0.1) is 0 Å². The molecule has 0 rings (SSSR count). The van der Waals surface area contributed by atoms with E-state index in [0.717, 1.165) is 19.1 Å². The van der Waals surface area contributed by atoms with E-state index < -0.39 is 10.0 Å². The molecule has 1 unspecified atom stereocenters. The molecule has 0 aliphatic heterocycles. The summed E-state index contributed by atoms with van der Waals surface area (Å²) in [5.74, 6) is 0.478. The Morgan fingerprint density at radius 2 is 1.94 bits per heavy atom. The summed E-state index contributed by atoms with van der Waals surface area (Å²) in [6, 6.07) is 0. The van der Waals surface area contributed by atoms with Crippen molar-refractivity contribution in [2.24, 2.45) is 11.7 Å². The highest BCUT2D eigenvalue weighted by atomic mass is 32.2. The van der Waals surface area contributed by atoms with E-state index >= 15 is 0 Å². The zero-order valence-electron chi connectivity index (χ0n) is 11.2. The Bertz CT molecular complexity index is 330. The van der Waals surface area contributed by atoms with Crippen LogP contribution in [0.15, 0.2) is 0 Å². The van der Waals surface area contributed by atoms with Crippen LogP contribution in [-0.2, 0) is 14.8 Å². The molecule has 0 aliphatic carbocycles. The summed E-state index contributed by atoms with van der Waals surface area (Å²) < 4.78 is 23.9. The summed E-state index contributed by atoms with van der Waals surface area (Å²) in [4.78, 5) is 11.4. The quantitative estimate of drug-likeness (QED) is 0.482. The number of rotatable bonds is 10. The van der Waals surface area contributed by atoms with Gasteiger partial charge in [-0.05, 0) is 31.7 Å². The van der Waals surface area contributed by atoms with Crippen LogP contribution < -0.4 is 15.8 Å². The molecule has 0 bridgehead atoms. The number of nitrogens with two attached hydrogens (primary N) is 1. The van der Waals surface area contributed by atoms with Gasteiger partial charge in [-0.3, -0.25) is 4.79 Å². The molecule has 0 fully saturated rings. The molecule has 1 atom stereocenters. The number of sulfonamides is 1. The fraction of sp³-hybridized carbons (Fsp3) is 0.909. The predicted octanol–water partition coefficient (Wildman–Crippen LogP) is -0.193. The van der Waals surface area contributed by atoms with Crippen molar-refractivity contribution in [1.29, 1.82) is 0 Å². The van der Waals surface area contributed by atoms with Crippen LogP contribution in [0, 0.1) is 5.92 Å². The Hall–Kier alpha value is -0.660. The summed E-state index contributed by atoms with van der Waals surface area (Å²) in [5, 5.41) is 2.76. The van der Waals surface area contributed by atoms with E-state index in [0.29, 0.717) is 38.4 Å². The first-order valence-corrected chi connectivity index (χ1v) is 8.15. The topological polar surface area (TPSA) is 101 Å². The van der Waals surface area contributed by atoms with Gasteiger partial charge in [-0.2, -0.15) is 0 Å². The normalized spacial score (nSPS) is 13.3. The highest BCUT2D eigenvalue weighted by Gasteiger charge is 2.06. The Morgan fingerprint density at radius 1 is 1.28 bits per heavy atom. The lowest BCUT2D eigenvalue weighted by Gasteiger charge is -2.10. The summed E-state index contributed by atoms with van der Waals surface area (Å²) in [6.45, 7) is 3.57. The van der Waals surface area contributed by atoms with Crippen LogP contribution in [0.4, 0.5) is 0 Å². The molecule has 6 nitrogen and oxygen atoms in total. The van der Waals surface area contributed by atoms with Crippen LogP contribution in [-0.4, -0.2) is 40.2 Å². The molecule has 4 N–H and O–H groups in total. The van der Waals surface area contributed by atoms with E-state index in [4.69, 9.17) is 5.73 Å². The second kappa shape index (κ2) is 9.29. The summed E-state index contributed by atoms with van der Waals surface area (Å²) in [5.41, 5.74) is 5.43. The van der Waals surface area contributed by atoms with E-state index in [1.54, 1.807) is 0 Å². The fourth-order valence-corrected chi connectivity index (χ4v) is 1.98. The molecule has 0 heterocycles. The smallest absolute Gasteiger partial charge is 0.220 e. The third-order valence-corrected chi connectivity index (χ3v) is 3.29. The average molecular weight is 279 g/mol. The van der Waals surface area contributed by atoms with Crippen LogP contribution in [0.1, 0.15) is 32.6 Å². The number of carbonyl (C=O) groups excluding carboxylic acids is 1. The van der Waals surface area contributed by atoms with Gasteiger partial charge in [0.15, 0.2) is 0 Å². The van der Waals surface area contributed by atoms with Crippen molar-refractivity contribution in [3.8, 4) is 0 Å². The number of hydrogen-bond donors (Lipinski definition) is 3. The first-order valence-electron chi connectivity index (χ1n) is 6.26. The standard InChI is InChI=1S/C11H25N3O3S/c1-10(6-7-12)4-5-11(15)13-8-3-9-14-18(2,16)17/h10,14H,3-9,12H2,1-2H3,(H,13,15). The minimum atomic E-state index is -3.13. The van der Waals surface area contributed by atoms with Crippen molar-refractivity contribution < 1.29 is 13.2 Å². The van der Waals surface area contributed by atoms with Gasteiger partial charge in [0.05, 0.1) is 6.26 Å². The van der Waals surface area contributed by atoms with Crippen molar-refractivity contribution in [2.75, 3.05) is 25.9 Å². The Morgan fingerprint density at radius 3 is 2.50 bits per heavy atom. The molecule has 0 aromatic heterocycles. The van der Waals surface area contributed by atoms with E-state index in [2.05, 4.69) is 17.0 Å². The van der Waals surface area contributed by atoms with Gasteiger partial charge in [-0.25, -0.2) is 13.1 Å². The lowest BCUT2D eigenvalue weighted by atomic mass is 10.0. The molecule has 0 spiro atoms. The number of carbonyl (C=O) groups is 1. The van der Waals surface area contributed by atoms with Crippen LogP contribution in [0.25, 0.3) is 0 Å². The van der Waals surface area contributed by atoms with Crippen molar-refractivity contribution in [2.45, 2.75) is 32.6 Å². The van der Waals surface area contributed by atoms with E-state index in [9.17, 15) is 13.2 Å². The number of amides is 1. The lowest BCUT2D eigenvalue weighted by Crippen LogP contribution is -2.29. The van der Waals surface area contributed by atoms with Crippen molar-refractivity contribution in [1.82, 2.24) is 10.0 Å². The van der Waals surface area contributed by atoms with Crippen molar-refractivity contribution in [3.05, 3.63) is 0 Å². The molecule has 0 aromatic carbocycles. The highest BCUT2D eigenvalue weighted by molar-refractivity contribution is 7.88. The maximum Gasteiger partial charge on any atom is 0.220 e. The first kappa shape index (κ1) is 17.3. The number of hydrogen-bond acceptors (Lipinski definition) is 4. The van der Waals surface area contributed by atoms with Crippen LogP contribution in [0.2, 0.25) is 0 Å². The number of nitrogens with one attached hydrogen (secondary N) is 2. The molecular weight excluding hydrogens is 254 g/mol. The largest absolute Gasteiger partial charge is 0.356 e. The van der Waals surface area contributed by atoms with Gasteiger partial charge in [0.1, 0.15) is 0 Å². The third kappa shape index (κ3) is 11.8. The zero-order chi connectivity index (χ0) is 14.0. The van der Waals surface area contributed by atoms with Crippen LogP contribution >= 0.6 is 0 Å². The van der Waals surface area contributed by atoms with Gasteiger partial charge < -0.3 is 11.1 Å². The fourth-order valence-electron chi connectivity index (χ4n) is 1.47. The maximum absolute atomic E-state index is 11.4. The zero-order valence-corrected chi connectivity index (χ0v) is 12.1.